The van der Waals surface area contributed by atoms with Crippen molar-refractivity contribution in [2.45, 2.75) is 12.8 Å². The monoisotopic (exact) mass is 390 g/mol. The molecular formula is C23H22N2O4. The van der Waals surface area contributed by atoms with Crippen molar-refractivity contribution >= 4 is 39.3 Å². The van der Waals surface area contributed by atoms with E-state index in [4.69, 9.17) is 10.5 Å². The smallest absolute Gasteiger partial charge is 0.339 e. The first-order chi connectivity index (χ1) is 14.0. The zero-order chi connectivity index (χ0) is 20.4. The van der Waals surface area contributed by atoms with E-state index in [1.807, 2.05) is 54.6 Å². The second kappa shape index (κ2) is 7.91. The first-order valence-electron chi connectivity index (χ1n) is 9.69. The van der Waals surface area contributed by atoms with Gasteiger partial charge in [0.1, 0.15) is 0 Å². The molecule has 29 heavy (non-hydrogen) atoms. The van der Waals surface area contributed by atoms with Crippen LogP contribution >= 0.6 is 0 Å². The molecule has 1 aliphatic rings. The predicted octanol–water partition coefficient (Wildman–Crippen LogP) is 2.87. The van der Waals surface area contributed by atoms with Gasteiger partial charge in [-0.25, -0.2) is 4.79 Å². The van der Waals surface area contributed by atoms with Crippen LogP contribution in [0.15, 0.2) is 54.6 Å². The number of primary amides is 1. The summed E-state index contributed by atoms with van der Waals surface area (Å²) in [4.78, 5) is 38.5. The number of fused-ring (bicyclic) bond motifs is 2. The highest BCUT2D eigenvalue weighted by molar-refractivity contribution is 6.16. The molecule has 1 saturated heterocycles. The SMILES string of the molecule is NC(=O)[C@@H]1CCCN(C(=O)COC(=O)c2c3ccccc3cc3ccccc23)C1. The molecule has 1 heterocycles. The first-order valence-corrected chi connectivity index (χ1v) is 9.69. The van der Waals surface area contributed by atoms with E-state index in [1.165, 1.54) is 0 Å². The van der Waals surface area contributed by atoms with E-state index >= 15 is 0 Å². The summed E-state index contributed by atoms with van der Waals surface area (Å²) in [5.41, 5.74) is 5.83. The minimum atomic E-state index is -0.533. The summed E-state index contributed by atoms with van der Waals surface area (Å²) in [5.74, 6) is -1.59. The van der Waals surface area contributed by atoms with Crippen LogP contribution in [0.2, 0.25) is 0 Å². The quantitative estimate of drug-likeness (QED) is 0.548. The highest BCUT2D eigenvalue weighted by Gasteiger charge is 2.27. The lowest BCUT2D eigenvalue weighted by Gasteiger charge is -2.31. The van der Waals surface area contributed by atoms with E-state index in [0.717, 1.165) is 21.5 Å². The highest BCUT2D eigenvalue weighted by atomic mass is 16.5. The van der Waals surface area contributed by atoms with Crippen molar-refractivity contribution in [2.75, 3.05) is 19.7 Å². The van der Waals surface area contributed by atoms with Gasteiger partial charge in [-0.15, -0.1) is 0 Å². The van der Waals surface area contributed by atoms with Gasteiger partial charge < -0.3 is 15.4 Å². The lowest BCUT2D eigenvalue weighted by atomic mass is 9.97. The summed E-state index contributed by atoms with van der Waals surface area (Å²) in [5, 5.41) is 3.44. The molecule has 0 spiro atoms. The van der Waals surface area contributed by atoms with E-state index in [9.17, 15) is 14.4 Å². The van der Waals surface area contributed by atoms with E-state index in [-0.39, 0.29) is 25.0 Å². The molecule has 2 amide bonds. The molecule has 6 nitrogen and oxygen atoms in total. The molecule has 6 heteroatoms. The van der Waals surface area contributed by atoms with Crippen LogP contribution in [0.3, 0.4) is 0 Å². The second-order valence-electron chi connectivity index (χ2n) is 7.35. The average molecular weight is 390 g/mol. The molecule has 1 atom stereocenters. The molecule has 0 radical (unpaired) electrons. The molecule has 148 valence electrons. The fourth-order valence-electron chi connectivity index (χ4n) is 3.96. The van der Waals surface area contributed by atoms with E-state index in [0.29, 0.717) is 24.9 Å². The summed E-state index contributed by atoms with van der Waals surface area (Å²) in [6.07, 6.45) is 1.39. The van der Waals surface area contributed by atoms with Crippen molar-refractivity contribution in [1.29, 1.82) is 0 Å². The molecule has 0 unspecified atom stereocenters. The zero-order valence-corrected chi connectivity index (χ0v) is 16.0. The number of carbonyl (C=O) groups excluding carboxylic acids is 3. The summed E-state index contributed by atoms with van der Waals surface area (Å²) in [6.45, 7) is 0.460. The number of piperidine rings is 1. The molecule has 4 rings (SSSR count). The lowest BCUT2D eigenvalue weighted by molar-refractivity contribution is -0.137. The van der Waals surface area contributed by atoms with Crippen molar-refractivity contribution in [3.8, 4) is 0 Å². The van der Waals surface area contributed by atoms with Crippen LogP contribution < -0.4 is 5.73 Å². The number of ether oxygens (including phenoxy) is 1. The van der Waals surface area contributed by atoms with Gasteiger partial charge in [-0.2, -0.15) is 0 Å². The van der Waals surface area contributed by atoms with Crippen molar-refractivity contribution in [3.63, 3.8) is 0 Å². The number of benzene rings is 3. The number of hydrogen-bond acceptors (Lipinski definition) is 4. The van der Waals surface area contributed by atoms with Crippen LogP contribution in [0.5, 0.6) is 0 Å². The fourth-order valence-corrected chi connectivity index (χ4v) is 3.96. The number of hydrogen-bond donors (Lipinski definition) is 1. The number of nitrogens with two attached hydrogens (primary N) is 1. The largest absolute Gasteiger partial charge is 0.452 e. The van der Waals surface area contributed by atoms with Gasteiger partial charge in [0.2, 0.25) is 5.91 Å². The average Bonchev–Trinajstić information content (AvgIpc) is 2.75. The van der Waals surface area contributed by atoms with Crippen molar-refractivity contribution in [3.05, 3.63) is 60.2 Å². The van der Waals surface area contributed by atoms with Gasteiger partial charge in [-0.05, 0) is 40.5 Å². The topological polar surface area (TPSA) is 89.7 Å². The van der Waals surface area contributed by atoms with Crippen molar-refractivity contribution in [2.24, 2.45) is 11.7 Å². The molecule has 1 aliphatic heterocycles. The van der Waals surface area contributed by atoms with Gasteiger partial charge >= 0.3 is 5.97 Å². The van der Waals surface area contributed by atoms with Crippen molar-refractivity contribution < 1.29 is 19.1 Å². The van der Waals surface area contributed by atoms with Gasteiger partial charge in [-0.3, -0.25) is 9.59 Å². The minimum Gasteiger partial charge on any atom is -0.452 e. The normalized spacial score (nSPS) is 16.7. The molecule has 1 fully saturated rings. The Morgan fingerprint density at radius 1 is 1.00 bits per heavy atom. The third-order valence-electron chi connectivity index (χ3n) is 5.48. The summed E-state index contributed by atoms with van der Waals surface area (Å²) >= 11 is 0. The molecule has 2 N–H and O–H groups in total. The first kappa shape index (κ1) is 18.9. The Hall–Kier alpha value is -3.41. The van der Waals surface area contributed by atoms with Crippen LogP contribution in [-0.4, -0.2) is 42.4 Å². The Balaban J connectivity index is 1.56. The third-order valence-corrected chi connectivity index (χ3v) is 5.48. The van der Waals surface area contributed by atoms with Gasteiger partial charge in [-0.1, -0.05) is 48.5 Å². The van der Waals surface area contributed by atoms with E-state index in [2.05, 4.69) is 0 Å². The molecule has 0 aliphatic carbocycles. The number of esters is 1. The molecule has 0 aromatic heterocycles. The number of carbonyl (C=O) groups is 3. The predicted molar refractivity (Wildman–Crippen MR) is 110 cm³/mol. The zero-order valence-electron chi connectivity index (χ0n) is 16.0. The molecule has 3 aromatic carbocycles. The van der Waals surface area contributed by atoms with Crippen molar-refractivity contribution in [1.82, 2.24) is 4.90 Å². The number of likely N-dealkylation sites (tertiary alicyclic amines) is 1. The Labute approximate surface area is 168 Å². The van der Waals surface area contributed by atoms with Crippen LogP contribution in [0, 0.1) is 5.92 Å². The standard InChI is InChI=1S/C23H22N2O4/c24-22(27)17-8-5-11-25(13-17)20(26)14-29-23(28)21-18-9-3-1-6-15(18)12-16-7-2-4-10-19(16)21/h1-4,6-7,9-10,12,17H,5,8,11,13-14H2,(H2,24,27)/t17-/m1/s1. The van der Waals surface area contributed by atoms with Crippen LogP contribution in [0.4, 0.5) is 0 Å². The molecule has 0 bridgehead atoms. The number of amides is 2. The van der Waals surface area contributed by atoms with E-state index < -0.39 is 11.9 Å². The van der Waals surface area contributed by atoms with Gasteiger partial charge in [0.25, 0.3) is 5.91 Å². The maximum Gasteiger partial charge on any atom is 0.339 e. The summed E-state index contributed by atoms with van der Waals surface area (Å²) < 4.78 is 5.41. The second-order valence-corrected chi connectivity index (χ2v) is 7.35. The van der Waals surface area contributed by atoms with Gasteiger partial charge in [0, 0.05) is 13.1 Å². The summed E-state index contributed by atoms with van der Waals surface area (Å²) in [7, 11) is 0. The minimum absolute atomic E-state index is 0.281. The fraction of sp³-hybridized carbons (Fsp3) is 0.261. The Morgan fingerprint density at radius 3 is 2.24 bits per heavy atom. The van der Waals surface area contributed by atoms with E-state index in [1.54, 1.807) is 4.90 Å². The van der Waals surface area contributed by atoms with Gasteiger partial charge in [0.05, 0.1) is 11.5 Å². The Bertz CT molecular complexity index is 1050. The number of nitrogens with zero attached hydrogens (tertiary/aromatic N) is 1. The highest BCUT2D eigenvalue weighted by Crippen LogP contribution is 2.29. The number of rotatable bonds is 4. The third kappa shape index (κ3) is 3.78. The Kier molecular flexibility index (Phi) is 5.16. The lowest BCUT2D eigenvalue weighted by Crippen LogP contribution is -2.45. The van der Waals surface area contributed by atoms with Crippen LogP contribution in [0.25, 0.3) is 21.5 Å². The van der Waals surface area contributed by atoms with Crippen LogP contribution in [-0.2, 0) is 14.3 Å². The molecular weight excluding hydrogens is 368 g/mol. The molecule has 0 saturated carbocycles. The molecule has 3 aromatic rings. The van der Waals surface area contributed by atoms with Gasteiger partial charge in [0.15, 0.2) is 6.61 Å². The maximum atomic E-state index is 13.0. The summed E-state index contributed by atoms with van der Waals surface area (Å²) in [6, 6.07) is 17.3. The Morgan fingerprint density at radius 2 is 1.62 bits per heavy atom. The van der Waals surface area contributed by atoms with Crippen LogP contribution in [0.1, 0.15) is 23.2 Å². The maximum absolute atomic E-state index is 13.0.